The van der Waals surface area contributed by atoms with Crippen LogP contribution < -0.4 is 5.73 Å². The van der Waals surface area contributed by atoms with Crippen molar-refractivity contribution in [1.82, 2.24) is 0 Å². The molecule has 0 heterocycles. The molecule has 0 radical (unpaired) electrons. The van der Waals surface area contributed by atoms with Gasteiger partial charge in [-0.2, -0.15) is 0 Å². The predicted molar refractivity (Wildman–Crippen MR) is 121 cm³/mol. The fourth-order valence-corrected chi connectivity index (χ4v) is 8.92. The monoisotopic (exact) mass is 425 g/mol. The minimum Gasteiger partial charge on any atom is -0.469 e. The number of hydrogen-bond donors (Lipinski definition) is 1. The van der Waals surface area contributed by atoms with E-state index in [9.17, 15) is 4.79 Å². The van der Waals surface area contributed by atoms with E-state index in [1.807, 2.05) is 0 Å². The number of carbonyl (C=O) groups excluding carboxylic acids is 1. The Morgan fingerprint density at radius 2 is 1.72 bits per heavy atom. The minimum atomic E-state index is -0.0444. The Labute approximate surface area is 184 Å². The topological polar surface area (TPSA) is 52.3 Å². The fraction of sp³-hybridized carbons (Fsp3) is 0.960. The number of esters is 1. The van der Waals surface area contributed by atoms with Crippen molar-refractivity contribution in [2.45, 2.75) is 97.4 Å². The van der Waals surface area contributed by atoms with E-state index in [-0.39, 0.29) is 18.4 Å². The van der Waals surface area contributed by atoms with Gasteiger partial charge in [-0.3, -0.25) is 4.79 Å². The smallest absolute Gasteiger partial charge is 0.305 e. The quantitative estimate of drug-likeness (QED) is 0.563. The van der Waals surface area contributed by atoms with E-state index in [0.717, 1.165) is 36.0 Å². The van der Waals surface area contributed by atoms with Crippen molar-refractivity contribution in [1.29, 1.82) is 0 Å². The van der Waals surface area contributed by atoms with E-state index in [4.69, 9.17) is 10.5 Å². The summed E-state index contributed by atoms with van der Waals surface area (Å²) in [4.78, 5) is 11.6. The van der Waals surface area contributed by atoms with Crippen LogP contribution in [0.15, 0.2) is 0 Å². The number of carbonyl (C=O) groups is 1. The molecule has 0 bridgehead atoms. The molecule has 29 heavy (non-hydrogen) atoms. The van der Waals surface area contributed by atoms with Gasteiger partial charge >= 0.3 is 5.97 Å². The van der Waals surface area contributed by atoms with Crippen LogP contribution in [-0.2, 0) is 9.53 Å². The fourth-order valence-electron chi connectivity index (χ4n) is 8.92. The Hall–Kier alpha value is -0.280. The molecule has 0 aromatic rings. The molecule has 0 spiro atoms. The van der Waals surface area contributed by atoms with Crippen molar-refractivity contribution in [2.24, 2.45) is 52.1 Å². The molecule has 0 saturated heterocycles. The maximum atomic E-state index is 11.6. The van der Waals surface area contributed by atoms with Crippen LogP contribution in [-0.4, -0.2) is 19.1 Å². The summed E-state index contributed by atoms with van der Waals surface area (Å²) in [7, 11) is 1.51. The van der Waals surface area contributed by atoms with Crippen LogP contribution in [0.1, 0.15) is 91.4 Å². The summed E-state index contributed by atoms with van der Waals surface area (Å²) >= 11 is 0. The van der Waals surface area contributed by atoms with Crippen LogP contribution in [0.2, 0.25) is 0 Å². The first-order valence-corrected chi connectivity index (χ1v) is 12.1. The molecule has 3 nitrogen and oxygen atoms in total. The van der Waals surface area contributed by atoms with E-state index >= 15 is 0 Å². The van der Waals surface area contributed by atoms with Gasteiger partial charge in [0, 0.05) is 12.5 Å². The second-order valence-corrected chi connectivity index (χ2v) is 11.5. The van der Waals surface area contributed by atoms with Crippen molar-refractivity contribution in [3.63, 3.8) is 0 Å². The second kappa shape index (κ2) is 8.69. The zero-order valence-corrected chi connectivity index (χ0v) is 19.9. The number of nitrogens with two attached hydrogens (primary N) is 1. The Balaban J connectivity index is 0.00000240. The Kier molecular flexibility index (Phi) is 7.01. The summed E-state index contributed by atoms with van der Waals surface area (Å²) in [6.45, 7) is 7.65. The number of fused-ring (bicyclic) bond motifs is 5. The zero-order valence-electron chi connectivity index (χ0n) is 19.1. The summed E-state index contributed by atoms with van der Waals surface area (Å²) in [5, 5.41) is 0. The molecule has 9 atom stereocenters. The molecule has 0 amide bonds. The van der Waals surface area contributed by atoms with Gasteiger partial charge < -0.3 is 10.5 Å². The largest absolute Gasteiger partial charge is 0.469 e. The lowest BCUT2D eigenvalue weighted by Crippen LogP contribution is -2.54. The molecule has 168 valence electrons. The molecule has 0 unspecified atom stereocenters. The third-order valence-corrected chi connectivity index (χ3v) is 10.5. The zero-order chi connectivity index (χ0) is 20.1. The van der Waals surface area contributed by atoms with Gasteiger partial charge in [0.25, 0.3) is 0 Å². The highest BCUT2D eigenvalue weighted by molar-refractivity contribution is 5.85. The highest BCUT2D eigenvalue weighted by atomic mass is 35.5. The van der Waals surface area contributed by atoms with E-state index in [0.29, 0.717) is 29.2 Å². The molecule has 4 aliphatic carbocycles. The molecule has 0 aliphatic heterocycles. The van der Waals surface area contributed by atoms with Crippen LogP contribution in [0.25, 0.3) is 0 Å². The van der Waals surface area contributed by atoms with E-state index in [1.54, 1.807) is 0 Å². The molecule has 2 N–H and O–H groups in total. The molecule has 4 aliphatic rings. The van der Waals surface area contributed by atoms with Crippen molar-refractivity contribution in [2.75, 3.05) is 7.11 Å². The average Bonchev–Trinajstić information content (AvgIpc) is 3.03. The molecule has 0 aromatic heterocycles. The Morgan fingerprint density at radius 1 is 1.03 bits per heavy atom. The summed E-state index contributed by atoms with van der Waals surface area (Å²) < 4.78 is 4.89. The predicted octanol–water partition coefficient (Wildman–Crippen LogP) is 5.98. The van der Waals surface area contributed by atoms with E-state index in [2.05, 4.69) is 20.8 Å². The molecule has 4 heteroatoms. The van der Waals surface area contributed by atoms with Crippen LogP contribution in [0.4, 0.5) is 0 Å². The third-order valence-electron chi connectivity index (χ3n) is 10.5. The first kappa shape index (κ1) is 23.4. The van der Waals surface area contributed by atoms with Crippen LogP contribution in [0.3, 0.4) is 0 Å². The SMILES string of the molecule is COC(=O)CC[C@@H](C)[C@H]1CC[C@H]2[C@@H]3CC[C@@H]4C[C@H](N)CC[C@]4(C)[C@H]3CC[C@]12C.Cl. The maximum absolute atomic E-state index is 11.6. The normalized spacial score (nSPS) is 47.2. The van der Waals surface area contributed by atoms with Gasteiger partial charge in [0.15, 0.2) is 0 Å². The van der Waals surface area contributed by atoms with Gasteiger partial charge in [0.05, 0.1) is 7.11 Å². The standard InChI is InChI=1S/C25H43NO2.ClH/c1-16(5-10-23(27)28-4)20-8-9-21-19-7-6-17-15-18(26)11-13-24(17,2)22(19)12-14-25(20,21)3;/h16-22H,5-15,26H2,1-4H3;1H/t16-,17-,18-,19+,20-,21+,22+,24+,25-;/m1./s1. The summed E-state index contributed by atoms with van der Waals surface area (Å²) in [6, 6.07) is 0.454. The maximum Gasteiger partial charge on any atom is 0.305 e. The molecule has 4 rings (SSSR count). The van der Waals surface area contributed by atoms with Gasteiger partial charge in [-0.05, 0) is 111 Å². The van der Waals surface area contributed by atoms with Crippen LogP contribution in [0.5, 0.6) is 0 Å². The molecule has 4 saturated carbocycles. The van der Waals surface area contributed by atoms with E-state index < -0.39 is 0 Å². The van der Waals surface area contributed by atoms with Gasteiger partial charge in [0.2, 0.25) is 0 Å². The number of methoxy groups -OCH3 is 1. The summed E-state index contributed by atoms with van der Waals surface area (Å²) in [5.74, 6) is 5.02. The van der Waals surface area contributed by atoms with E-state index in [1.165, 1.54) is 64.9 Å². The number of rotatable bonds is 4. The Morgan fingerprint density at radius 3 is 2.45 bits per heavy atom. The molecular weight excluding hydrogens is 382 g/mol. The minimum absolute atomic E-state index is 0. The molecule has 4 fully saturated rings. The highest BCUT2D eigenvalue weighted by Gasteiger charge is 2.60. The second-order valence-electron chi connectivity index (χ2n) is 11.5. The first-order valence-electron chi connectivity index (χ1n) is 12.1. The number of hydrogen-bond acceptors (Lipinski definition) is 3. The first-order chi connectivity index (χ1) is 13.3. The summed E-state index contributed by atoms with van der Waals surface area (Å²) in [5.41, 5.74) is 7.39. The Bertz CT molecular complexity index is 597. The van der Waals surface area contributed by atoms with Crippen molar-refractivity contribution in [3.8, 4) is 0 Å². The lowest BCUT2D eigenvalue weighted by atomic mass is 9.44. The molecule has 0 aromatic carbocycles. The van der Waals surface area contributed by atoms with Crippen molar-refractivity contribution in [3.05, 3.63) is 0 Å². The number of halogens is 1. The highest BCUT2D eigenvalue weighted by Crippen LogP contribution is 2.68. The van der Waals surface area contributed by atoms with Gasteiger partial charge in [-0.1, -0.05) is 20.8 Å². The van der Waals surface area contributed by atoms with Gasteiger partial charge in [-0.15, -0.1) is 12.4 Å². The van der Waals surface area contributed by atoms with Gasteiger partial charge in [0.1, 0.15) is 0 Å². The third kappa shape index (κ3) is 3.88. The lowest BCUT2D eigenvalue weighted by Gasteiger charge is -2.61. The number of ether oxygens (including phenoxy) is 1. The lowest BCUT2D eigenvalue weighted by molar-refractivity contribution is -0.141. The van der Waals surface area contributed by atoms with Crippen molar-refractivity contribution >= 4 is 18.4 Å². The van der Waals surface area contributed by atoms with Crippen LogP contribution >= 0.6 is 12.4 Å². The van der Waals surface area contributed by atoms with Crippen LogP contribution in [0, 0.1) is 46.3 Å². The average molecular weight is 426 g/mol. The molecular formula is C25H44ClNO2. The summed E-state index contributed by atoms with van der Waals surface area (Å²) in [6.07, 6.45) is 13.9. The van der Waals surface area contributed by atoms with Crippen molar-refractivity contribution < 1.29 is 9.53 Å². The van der Waals surface area contributed by atoms with Gasteiger partial charge in [-0.25, -0.2) is 0 Å².